The first-order valence-corrected chi connectivity index (χ1v) is 9.22. The summed E-state index contributed by atoms with van der Waals surface area (Å²) in [5.74, 6) is 0.449. The smallest absolute Gasteiger partial charge is 0.270 e. The van der Waals surface area contributed by atoms with Crippen LogP contribution in [0, 0.1) is 0 Å². The van der Waals surface area contributed by atoms with E-state index in [0.29, 0.717) is 31.2 Å². The number of allylic oxidation sites excluding steroid dienone is 1. The lowest BCUT2D eigenvalue weighted by molar-refractivity contribution is -0.159. The van der Waals surface area contributed by atoms with Crippen LogP contribution in [0.2, 0.25) is 0 Å². The maximum Gasteiger partial charge on any atom is 0.270 e. The van der Waals surface area contributed by atoms with Gasteiger partial charge in [0.15, 0.2) is 17.3 Å². The molecule has 1 aliphatic carbocycles. The quantitative estimate of drug-likeness (QED) is 0.741. The Morgan fingerprint density at radius 3 is 2.54 bits per heavy atom. The molecule has 28 heavy (non-hydrogen) atoms. The number of nitrogens with zero attached hydrogens (tertiary/aromatic N) is 4. The zero-order valence-electron chi connectivity index (χ0n) is 15.2. The summed E-state index contributed by atoms with van der Waals surface area (Å²) in [6.07, 6.45) is 6.05. The molecule has 2 N–H and O–H groups in total. The molecule has 0 amide bonds. The average molecular weight is 377 g/mol. The zero-order chi connectivity index (χ0) is 19.0. The molecule has 1 saturated heterocycles. The van der Waals surface area contributed by atoms with Gasteiger partial charge in [0.05, 0.1) is 25.1 Å². The van der Waals surface area contributed by atoms with E-state index in [4.69, 9.17) is 19.6 Å². The summed E-state index contributed by atoms with van der Waals surface area (Å²) in [6.45, 7) is 1.30. The van der Waals surface area contributed by atoms with Crippen LogP contribution in [0.5, 0.6) is 0 Å². The first-order valence-electron chi connectivity index (χ1n) is 9.22. The maximum absolute atomic E-state index is 6.03. The lowest BCUT2D eigenvalue weighted by atomic mass is 9.92. The molecule has 2 aromatic heterocycles. The van der Waals surface area contributed by atoms with Crippen molar-refractivity contribution in [1.82, 2.24) is 20.2 Å². The van der Waals surface area contributed by atoms with Crippen LogP contribution < -0.4 is 5.73 Å². The first kappa shape index (κ1) is 17.0. The highest BCUT2D eigenvalue weighted by molar-refractivity contribution is 5.69. The molecular formula is C20H19N5O3. The highest BCUT2D eigenvalue weighted by atomic mass is 16.7. The van der Waals surface area contributed by atoms with Crippen LogP contribution in [0.15, 0.2) is 47.0 Å². The highest BCUT2D eigenvalue weighted by Gasteiger charge is 2.38. The van der Waals surface area contributed by atoms with Crippen molar-refractivity contribution in [2.75, 3.05) is 18.9 Å². The number of nitrogens with two attached hydrogens (primary N) is 1. The minimum absolute atomic E-state index is 0.251. The van der Waals surface area contributed by atoms with Gasteiger partial charge in [0.2, 0.25) is 5.89 Å². The van der Waals surface area contributed by atoms with E-state index in [0.717, 1.165) is 29.7 Å². The summed E-state index contributed by atoms with van der Waals surface area (Å²) < 4.78 is 17.3. The van der Waals surface area contributed by atoms with Crippen molar-refractivity contribution in [2.24, 2.45) is 0 Å². The van der Waals surface area contributed by atoms with Gasteiger partial charge >= 0.3 is 0 Å². The molecule has 2 aliphatic rings. The lowest BCUT2D eigenvalue weighted by Gasteiger charge is -2.30. The summed E-state index contributed by atoms with van der Waals surface area (Å²) in [6, 6.07) is 9.55. The SMILES string of the molecule is Nc1ncc(C2=CCC3(CC2)OCCO3)nc1-c1nnc(-c2ccccc2)o1. The predicted octanol–water partition coefficient (Wildman–Crippen LogP) is 3.09. The molecule has 1 fully saturated rings. The number of aromatic nitrogens is 4. The fraction of sp³-hybridized carbons (Fsp3) is 0.300. The van der Waals surface area contributed by atoms with Gasteiger partial charge in [-0.2, -0.15) is 0 Å². The minimum Gasteiger partial charge on any atom is -0.414 e. The molecule has 5 rings (SSSR count). The summed E-state index contributed by atoms with van der Waals surface area (Å²) in [5.41, 5.74) is 9.09. The molecular weight excluding hydrogens is 358 g/mol. The average Bonchev–Trinajstić information content (AvgIpc) is 3.40. The summed E-state index contributed by atoms with van der Waals surface area (Å²) in [7, 11) is 0. The third-order valence-corrected chi connectivity index (χ3v) is 5.03. The Hall–Kier alpha value is -3.10. The number of rotatable bonds is 3. The molecule has 3 aromatic rings. The zero-order valence-corrected chi connectivity index (χ0v) is 15.2. The third-order valence-electron chi connectivity index (χ3n) is 5.03. The number of ether oxygens (including phenoxy) is 2. The van der Waals surface area contributed by atoms with E-state index >= 15 is 0 Å². The van der Waals surface area contributed by atoms with Crippen LogP contribution in [-0.2, 0) is 9.47 Å². The molecule has 0 bridgehead atoms. The molecule has 1 aromatic carbocycles. The van der Waals surface area contributed by atoms with E-state index in [1.165, 1.54) is 0 Å². The van der Waals surface area contributed by atoms with Crippen molar-refractivity contribution in [1.29, 1.82) is 0 Å². The largest absolute Gasteiger partial charge is 0.414 e. The van der Waals surface area contributed by atoms with Gasteiger partial charge in [-0.3, -0.25) is 0 Å². The Morgan fingerprint density at radius 1 is 1.00 bits per heavy atom. The molecule has 0 atom stereocenters. The maximum atomic E-state index is 6.03. The Labute approximate surface area is 161 Å². The van der Waals surface area contributed by atoms with Gasteiger partial charge in [-0.15, -0.1) is 10.2 Å². The topological polar surface area (TPSA) is 109 Å². The Morgan fingerprint density at radius 2 is 1.79 bits per heavy atom. The second-order valence-electron chi connectivity index (χ2n) is 6.81. The molecule has 1 aliphatic heterocycles. The van der Waals surface area contributed by atoms with Crippen LogP contribution in [0.3, 0.4) is 0 Å². The Bertz CT molecular complexity index is 1030. The van der Waals surface area contributed by atoms with Gasteiger partial charge < -0.3 is 19.6 Å². The summed E-state index contributed by atoms with van der Waals surface area (Å²) in [5, 5.41) is 8.22. The van der Waals surface area contributed by atoms with Crippen LogP contribution in [0.4, 0.5) is 5.82 Å². The van der Waals surface area contributed by atoms with Gasteiger partial charge in [0.1, 0.15) is 0 Å². The molecule has 0 saturated carbocycles. The van der Waals surface area contributed by atoms with Crippen molar-refractivity contribution in [3.63, 3.8) is 0 Å². The summed E-state index contributed by atoms with van der Waals surface area (Å²) >= 11 is 0. The monoisotopic (exact) mass is 377 g/mol. The van der Waals surface area contributed by atoms with E-state index in [9.17, 15) is 0 Å². The highest BCUT2D eigenvalue weighted by Crippen LogP contribution is 2.38. The first-order chi connectivity index (χ1) is 13.7. The fourth-order valence-corrected chi connectivity index (χ4v) is 3.53. The van der Waals surface area contributed by atoms with E-state index < -0.39 is 5.79 Å². The van der Waals surface area contributed by atoms with E-state index in [1.807, 2.05) is 30.3 Å². The number of hydrogen-bond acceptors (Lipinski definition) is 8. The van der Waals surface area contributed by atoms with Gasteiger partial charge in [-0.05, 0) is 24.1 Å². The van der Waals surface area contributed by atoms with Crippen molar-refractivity contribution < 1.29 is 13.9 Å². The van der Waals surface area contributed by atoms with E-state index in [1.54, 1.807) is 6.20 Å². The number of hydrogen-bond donors (Lipinski definition) is 1. The van der Waals surface area contributed by atoms with Gasteiger partial charge in [-0.1, -0.05) is 24.3 Å². The normalized spacial score (nSPS) is 18.4. The van der Waals surface area contributed by atoms with Crippen molar-refractivity contribution in [3.8, 4) is 23.0 Å². The van der Waals surface area contributed by atoms with Gasteiger partial charge in [0.25, 0.3) is 5.89 Å². The van der Waals surface area contributed by atoms with Gasteiger partial charge in [-0.25, -0.2) is 9.97 Å². The lowest BCUT2D eigenvalue weighted by Crippen LogP contribution is -2.31. The van der Waals surface area contributed by atoms with Crippen molar-refractivity contribution in [2.45, 2.75) is 25.0 Å². The van der Waals surface area contributed by atoms with Crippen LogP contribution in [0.1, 0.15) is 25.0 Å². The molecule has 142 valence electrons. The molecule has 8 heteroatoms. The van der Waals surface area contributed by atoms with Crippen LogP contribution >= 0.6 is 0 Å². The fourth-order valence-electron chi connectivity index (χ4n) is 3.53. The van der Waals surface area contributed by atoms with E-state index in [2.05, 4.69) is 26.2 Å². The summed E-state index contributed by atoms with van der Waals surface area (Å²) in [4.78, 5) is 8.94. The number of anilines is 1. The number of benzene rings is 1. The molecule has 3 heterocycles. The van der Waals surface area contributed by atoms with Crippen LogP contribution in [0.25, 0.3) is 28.6 Å². The second-order valence-corrected chi connectivity index (χ2v) is 6.81. The third kappa shape index (κ3) is 3.06. The standard InChI is InChI=1S/C20H19N5O3/c21-17-16(19-25-24-18(28-19)14-4-2-1-3-5-14)23-15(12-22-17)13-6-8-20(9-7-13)26-10-11-27-20/h1-6,12H,7-11H2,(H2,21,22). The molecule has 0 radical (unpaired) electrons. The van der Waals surface area contributed by atoms with Crippen LogP contribution in [-0.4, -0.2) is 39.2 Å². The van der Waals surface area contributed by atoms with Crippen molar-refractivity contribution >= 4 is 11.4 Å². The predicted molar refractivity (Wildman–Crippen MR) is 102 cm³/mol. The van der Waals surface area contributed by atoms with Gasteiger partial charge in [0, 0.05) is 18.4 Å². The van der Waals surface area contributed by atoms with E-state index in [-0.39, 0.29) is 11.7 Å². The second kappa shape index (κ2) is 6.81. The Balaban J connectivity index is 1.44. The minimum atomic E-state index is -0.468. The molecule has 8 nitrogen and oxygen atoms in total. The van der Waals surface area contributed by atoms with Crippen molar-refractivity contribution in [3.05, 3.63) is 48.3 Å². The molecule has 1 spiro atoms. The number of nitrogen functional groups attached to an aromatic ring is 1. The molecule has 0 unspecified atom stereocenters. The Kier molecular flexibility index (Phi) is 4.14.